The van der Waals surface area contributed by atoms with Gasteiger partial charge >= 0.3 is 0 Å². The second-order valence-electron chi connectivity index (χ2n) is 9.93. The van der Waals surface area contributed by atoms with Crippen molar-refractivity contribution in [1.82, 2.24) is 14.8 Å². The third kappa shape index (κ3) is 2.54. The summed E-state index contributed by atoms with van der Waals surface area (Å²) in [5.41, 5.74) is 3.66. The molecule has 1 amide bonds. The second kappa shape index (κ2) is 7.09. The maximum absolute atomic E-state index is 13.8. The number of hydrogen-bond donors (Lipinski definition) is 1. The zero-order valence-electron chi connectivity index (χ0n) is 18.6. The van der Waals surface area contributed by atoms with Gasteiger partial charge in [0, 0.05) is 36.8 Å². The quantitative estimate of drug-likeness (QED) is 0.835. The van der Waals surface area contributed by atoms with Gasteiger partial charge in [-0.25, -0.2) is 0 Å². The number of benzene rings is 1. The molecule has 3 aliphatic heterocycles. The lowest BCUT2D eigenvalue weighted by Gasteiger charge is -2.56. The predicted octanol–water partition coefficient (Wildman–Crippen LogP) is 3.39. The third-order valence-electron chi connectivity index (χ3n) is 8.59. The SMILES string of the molecule is CC[C@@]12CCCCN3CCc4c([nH]c5c4=CCCC=5)[C@]31N(Cc1ccccc1)C(=O)C2. The number of nitrogens with zero attached hydrogens (tertiary/aromatic N) is 2. The van der Waals surface area contributed by atoms with Crippen LogP contribution in [0.25, 0.3) is 12.2 Å². The van der Waals surface area contributed by atoms with E-state index >= 15 is 0 Å². The Labute approximate surface area is 184 Å². The summed E-state index contributed by atoms with van der Waals surface area (Å²) >= 11 is 0. The Hall–Kier alpha value is -2.33. The molecular formula is C27H33N3O. The molecule has 4 aliphatic rings. The van der Waals surface area contributed by atoms with Gasteiger partial charge in [-0.15, -0.1) is 0 Å². The first kappa shape index (κ1) is 19.4. The van der Waals surface area contributed by atoms with Crippen molar-refractivity contribution >= 4 is 18.1 Å². The van der Waals surface area contributed by atoms with Crippen molar-refractivity contribution in [2.24, 2.45) is 5.41 Å². The Bertz CT molecular complexity index is 1130. The average Bonchev–Trinajstić information content (AvgIpc) is 3.23. The molecule has 0 saturated carbocycles. The molecule has 1 N–H and O–H groups in total. The smallest absolute Gasteiger partial charge is 0.225 e. The van der Waals surface area contributed by atoms with E-state index in [2.05, 4.69) is 64.2 Å². The van der Waals surface area contributed by atoms with E-state index in [4.69, 9.17) is 0 Å². The van der Waals surface area contributed by atoms with Crippen LogP contribution < -0.4 is 10.6 Å². The molecule has 31 heavy (non-hydrogen) atoms. The van der Waals surface area contributed by atoms with Crippen molar-refractivity contribution in [1.29, 1.82) is 0 Å². The fraction of sp³-hybridized carbons (Fsp3) is 0.519. The van der Waals surface area contributed by atoms with Gasteiger partial charge in [0.15, 0.2) is 0 Å². The van der Waals surface area contributed by atoms with Crippen molar-refractivity contribution in [3.63, 3.8) is 0 Å². The van der Waals surface area contributed by atoms with Crippen LogP contribution in [0.1, 0.15) is 68.7 Å². The standard InChI is InChI=1S/C27H33N3O/c1-2-26-15-8-9-16-29-17-14-22-21-12-6-7-13-23(21)28-25(22)27(26,29)30(24(31)18-26)19-20-10-4-3-5-11-20/h3-5,10-13,28H,2,6-9,14-19H2,1H3/t26-,27+/m0/s1. The fourth-order valence-corrected chi connectivity index (χ4v) is 7.25. The first-order valence-electron chi connectivity index (χ1n) is 12.2. The Balaban J connectivity index is 1.64. The van der Waals surface area contributed by atoms with Crippen LogP contribution in [0.15, 0.2) is 30.3 Å². The number of hydrogen-bond acceptors (Lipinski definition) is 2. The number of aromatic amines is 1. The minimum Gasteiger partial charge on any atom is -0.355 e. The highest BCUT2D eigenvalue weighted by Gasteiger charge is 2.67. The topological polar surface area (TPSA) is 39.3 Å². The number of carbonyl (C=O) groups excluding carboxylic acids is 1. The van der Waals surface area contributed by atoms with Crippen molar-refractivity contribution in [2.75, 3.05) is 13.1 Å². The van der Waals surface area contributed by atoms with Crippen LogP contribution in [0.4, 0.5) is 0 Å². The van der Waals surface area contributed by atoms with Crippen LogP contribution in [-0.2, 0) is 23.4 Å². The highest BCUT2D eigenvalue weighted by atomic mass is 16.2. The summed E-state index contributed by atoms with van der Waals surface area (Å²) in [5.74, 6) is 0.325. The van der Waals surface area contributed by atoms with E-state index in [1.54, 1.807) is 0 Å². The number of likely N-dealkylation sites (tertiary alicyclic amines) is 1. The molecule has 1 aromatic carbocycles. The number of H-pyrrole nitrogens is 1. The molecule has 1 aromatic heterocycles. The zero-order valence-corrected chi connectivity index (χ0v) is 18.6. The van der Waals surface area contributed by atoms with E-state index in [0.29, 0.717) is 18.9 Å². The monoisotopic (exact) mass is 415 g/mol. The van der Waals surface area contributed by atoms with Gasteiger partial charge in [-0.1, -0.05) is 55.8 Å². The van der Waals surface area contributed by atoms with Crippen LogP contribution in [0.3, 0.4) is 0 Å². The minimum absolute atomic E-state index is 0.0298. The average molecular weight is 416 g/mol. The van der Waals surface area contributed by atoms with Gasteiger partial charge in [-0.3, -0.25) is 9.69 Å². The molecule has 0 unspecified atom stereocenters. The largest absolute Gasteiger partial charge is 0.355 e. The number of rotatable bonds is 3. The van der Waals surface area contributed by atoms with Gasteiger partial charge in [0.2, 0.25) is 5.91 Å². The molecule has 0 bridgehead atoms. The molecule has 1 aliphatic carbocycles. The van der Waals surface area contributed by atoms with Gasteiger partial charge in [-0.2, -0.15) is 0 Å². The highest BCUT2D eigenvalue weighted by molar-refractivity contribution is 5.82. The summed E-state index contributed by atoms with van der Waals surface area (Å²) in [6.45, 7) is 5.14. The van der Waals surface area contributed by atoms with Crippen LogP contribution in [0, 0.1) is 5.41 Å². The molecule has 1 spiro atoms. The Morgan fingerprint density at radius 3 is 2.74 bits per heavy atom. The summed E-state index contributed by atoms with van der Waals surface area (Å²) in [6, 6.07) is 10.6. The lowest BCUT2D eigenvalue weighted by molar-refractivity contribution is -0.151. The Morgan fingerprint density at radius 1 is 1.06 bits per heavy atom. The van der Waals surface area contributed by atoms with Gasteiger partial charge in [-0.05, 0) is 54.9 Å². The van der Waals surface area contributed by atoms with Crippen LogP contribution in [0.2, 0.25) is 0 Å². The maximum atomic E-state index is 13.8. The number of aromatic nitrogens is 1. The van der Waals surface area contributed by atoms with Gasteiger partial charge in [0.25, 0.3) is 0 Å². The van der Waals surface area contributed by atoms with Crippen molar-refractivity contribution in [2.45, 2.75) is 70.5 Å². The van der Waals surface area contributed by atoms with Crippen molar-refractivity contribution < 1.29 is 4.79 Å². The van der Waals surface area contributed by atoms with E-state index in [-0.39, 0.29) is 11.1 Å². The normalized spacial score (nSPS) is 29.8. The molecule has 4 heterocycles. The highest BCUT2D eigenvalue weighted by Crippen LogP contribution is 2.61. The summed E-state index contributed by atoms with van der Waals surface area (Å²) in [5, 5.41) is 2.71. The van der Waals surface area contributed by atoms with Gasteiger partial charge < -0.3 is 9.88 Å². The minimum atomic E-state index is -0.349. The second-order valence-corrected chi connectivity index (χ2v) is 9.93. The zero-order chi connectivity index (χ0) is 21.1. The van der Waals surface area contributed by atoms with Gasteiger partial charge in [0.05, 0.1) is 5.69 Å². The Kier molecular flexibility index (Phi) is 4.43. The van der Waals surface area contributed by atoms with Crippen LogP contribution in [-0.4, -0.2) is 33.8 Å². The molecule has 2 aromatic rings. The van der Waals surface area contributed by atoms with Crippen molar-refractivity contribution in [3.05, 3.63) is 57.7 Å². The lowest BCUT2D eigenvalue weighted by atomic mass is 9.66. The molecule has 2 fully saturated rings. The first-order chi connectivity index (χ1) is 15.2. The van der Waals surface area contributed by atoms with E-state index in [1.807, 2.05) is 0 Å². The van der Waals surface area contributed by atoms with E-state index in [0.717, 1.165) is 45.2 Å². The van der Waals surface area contributed by atoms with Crippen LogP contribution in [0.5, 0.6) is 0 Å². The predicted molar refractivity (Wildman–Crippen MR) is 123 cm³/mol. The van der Waals surface area contributed by atoms with E-state index in [1.165, 1.54) is 40.2 Å². The number of amides is 1. The maximum Gasteiger partial charge on any atom is 0.225 e. The molecular weight excluding hydrogens is 382 g/mol. The third-order valence-corrected chi connectivity index (χ3v) is 8.59. The summed E-state index contributed by atoms with van der Waals surface area (Å²) < 4.78 is 0. The van der Waals surface area contributed by atoms with E-state index in [9.17, 15) is 4.79 Å². The molecule has 2 saturated heterocycles. The fourth-order valence-electron chi connectivity index (χ4n) is 7.25. The Morgan fingerprint density at radius 2 is 1.90 bits per heavy atom. The van der Waals surface area contributed by atoms with Gasteiger partial charge in [0.1, 0.15) is 5.66 Å². The number of fused-ring (bicyclic) bond motifs is 3. The van der Waals surface area contributed by atoms with Crippen molar-refractivity contribution in [3.8, 4) is 0 Å². The molecule has 6 rings (SSSR count). The lowest BCUT2D eigenvalue weighted by Crippen LogP contribution is -2.64. The molecule has 4 nitrogen and oxygen atoms in total. The van der Waals surface area contributed by atoms with Crippen LogP contribution >= 0.6 is 0 Å². The molecule has 4 heteroatoms. The summed E-state index contributed by atoms with van der Waals surface area (Å²) in [4.78, 5) is 22.7. The number of nitrogens with one attached hydrogen (secondary N) is 1. The number of carbonyl (C=O) groups is 1. The van der Waals surface area contributed by atoms with E-state index < -0.39 is 0 Å². The first-order valence-corrected chi connectivity index (χ1v) is 12.2. The molecule has 162 valence electrons. The molecule has 0 radical (unpaired) electrons. The summed E-state index contributed by atoms with van der Waals surface area (Å²) in [7, 11) is 0. The molecule has 2 atom stereocenters. The summed E-state index contributed by atoms with van der Waals surface area (Å²) in [6.07, 6.45) is 13.4.